The molecule has 0 amide bonds. The molecule has 1 nitrogen and oxygen atoms in total. The van der Waals surface area contributed by atoms with Crippen molar-refractivity contribution in [3.05, 3.63) is 68.7 Å². The van der Waals surface area contributed by atoms with E-state index in [-0.39, 0.29) is 5.78 Å². The number of halogens is 2. The molecule has 0 N–H and O–H groups in total. The zero-order valence-corrected chi connectivity index (χ0v) is 12.3. The number of carbonyl (C=O) groups is 1. The zero-order chi connectivity index (χ0) is 13.1. The van der Waals surface area contributed by atoms with E-state index in [1.165, 1.54) is 0 Å². The number of aryl methyl sites for hydroxylation is 1. The highest BCUT2D eigenvalue weighted by molar-refractivity contribution is 9.10. The monoisotopic (exact) mass is 322 g/mol. The van der Waals surface area contributed by atoms with E-state index in [1.54, 1.807) is 12.1 Å². The highest BCUT2D eigenvalue weighted by atomic mass is 79.9. The lowest BCUT2D eigenvalue weighted by Gasteiger charge is -2.07. The zero-order valence-electron chi connectivity index (χ0n) is 9.91. The van der Waals surface area contributed by atoms with Gasteiger partial charge in [0.15, 0.2) is 5.78 Å². The van der Waals surface area contributed by atoms with E-state index in [1.807, 2.05) is 37.3 Å². The minimum Gasteiger partial charge on any atom is -0.294 e. The number of carbonyl (C=O) groups excluding carboxylic acids is 1. The fourth-order valence-electron chi connectivity index (χ4n) is 1.79. The van der Waals surface area contributed by atoms with Crippen molar-refractivity contribution in [2.45, 2.75) is 13.3 Å². The van der Waals surface area contributed by atoms with Gasteiger partial charge >= 0.3 is 0 Å². The van der Waals surface area contributed by atoms with Crippen molar-refractivity contribution in [3.8, 4) is 0 Å². The molecular formula is C15H12BrClO. The Morgan fingerprint density at radius 1 is 1.22 bits per heavy atom. The van der Waals surface area contributed by atoms with E-state index in [9.17, 15) is 4.79 Å². The van der Waals surface area contributed by atoms with Crippen molar-refractivity contribution in [1.29, 1.82) is 0 Å². The van der Waals surface area contributed by atoms with Gasteiger partial charge in [0.2, 0.25) is 0 Å². The van der Waals surface area contributed by atoms with E-state index < -0.39 is 0 Å². The molecule has 0 saturated heterocycles. The van der Waals surface area contributed by atoms with Crippen LogP contribution in [0.15, 0.2) is 46.9 Å². The molecule has 0 fully saturated rings. The molecule has 0 aromatic heterocycles. The number of hydrogen-bond donors (Lipinski definition) is 0. The molecule has 2 aromatic carbocycles. The molecule has 0 atom stereocenters. The first-order valence-corrected chi connectivity index (χ1v) is 6.78. The number of hydrogen-bond acceptors (Lipinski definition) is 1. The molecule has 0 aliphatic carbocycles. The van der Waals surface area contributed by atoms with Crippen LogP contribution in [0.4, 0.5) is 0 Å². The van der Waals surface area contributed by atoms with Crippen LogP contribution in [-0.2, 0) is 6.42 Å². The van der Waals surface area contributed by atoms with Crippen molar-refractivity contribution >= 4 is 33.3 Å². The van der Waals surface area contributed by atoms with Crippen molar-refractivity contribution in [3.63, 3.8) is 0 Å². The molecule has 0 spiro atoms. The summed E-state index contributed by atoms with van der Waals surface area (Å²) in [6.07, 6.45) is 0.378. The van der Waals surface area contributed by atoms with Crippen LogP contribution in [0.1, 0.15) is 21.5 Å². The minimum absolute atomic E-state index is 0.0376. The van der Waals surface area contributed by atoms with Gasteiger partial charge < -0.3 is 0 Å². The van der Waals surface area contributed by atoms with E-state index in [2.05, 4.69) is 15.9 Å². The molecule has 2 rings (SSSR count). The fraction of sp³-hybridized carbons (Fsp3) is 0.133. The first kappa shape index (κ1) is 13.3. The van der Waals surface area contributed by atoms with Gasteiger partial charge in [-0.25, -0.2) is 0 Å². The Balaban J connectivity index is 2.28. The van der Waals surface area contributed by atoms with Gasteiger partial charge in [-0.3, -0.25) is 4.79 Å². The van der Waals surface area contributed by atoms with Gasteiger partial charge in [-0.05, 0) is 36.2 Å². The van der Waals surface area contributed by atoms with Crippen LogP contribution < -0.4 is 0 Å². The van der Waals surface area contributed by atoms with Gasteiger partial charge in [0.05, 0.1) is 5.02 Å². The average molecular weight is 324 g/mol. The summed E-state index contributed by atoms with van der Waals surface area (Å²) in [5, 5.41) is 0.497. The lowest BCUT2D eigenvalue weighted by atomic mass is 9.99. The Labute approximate surface area is 120 Å². The second kappa shape index (κ2) is 5.68. The quantitative estimate of drug-likeness (QED) is 0.739. The largest absolute Gasteiger partial charge is 0.294 e. The molecular weight excluding hydrogens is 312 g/mol. The third-order valence-corrected chi connectivity index (χ3v) is 3.66. The standard InChI is InChI=1S/C15H12BrClO/c1-10-4-2-3-5-11(10)8-15(18)13-9-12(16)6-7-14(13)17/h2-7,9H,8H2,1H3. The highest BCUT2D eigenvalue weighted by Gasteiger charge is 2.12. The second-order valence-electron chi connectivity index (χ2n) is 4.15. The van der Waals surface area contributed by atoms with Crippen molar-refractivity contribution < 1.29 is 4.79 Å². The van der Waals surface area contributed by atoms with Crippen LogP contribution in [0.3, 0.4) is 0 Å². The smallest absolute Gasteiger partial charge is 0.168 e. The van der Waals surface area contributed by atoms with Gasteiger partial charge in [-0.1, -0.05) is 51.8 Å². The molecule has 0 aliphatic heterocycles. The molecule has 0 unspecified atom stereocenters. The van der Waals surface area contributed by atoms with Crippen molar-refractivity contribution in [1.82, 2.24) is 0 Å². The highest BCUT2D eigenvalue weighted by Crippen LogP contribution is 2.23. The predicted molar refractivity (Wildman–Crippen MR) is 78.4 cm³/mol. The van der Waals surface area contributed by atoms with Crippen LogP contribution >= 0.6 is 27.5 Å². The summed E-state index contributed by atoms with van der Waals surface area (Å²) in [6.45, 7) is 2.01. The van der Waals surface area contributed by atoms with Crippen LogP contribution in [0, 0.1) is 6.92 Å². The van der Waals surface area contributed by atoms with Crippen LogP contribution in [0.5, 0.6) is 0 Å². The summed E-state index contributed by atoms with van der Waals surface area (Å²) in [7, 11) is 0. The fourth-order valence-corrected chi connectivity index (χ4v) is 2.37. The van der Waals surface area contributed by atoms with Gasteiger partial charge in [-0.2, -0.15) is 0 Å². The molecule has 0 saturated carbocycles. The van der Waals surface area contributed by atoms with E-state index in [0.717, 1.165) is 15.6 Å². The van der Waals surface area contributed by atoms with Gasteiger partial charge in [-0.15, -0.1) is 0 Å². The summed E-state index contributed by atoms with van der Waals surface area (Å²) in [5.74, 6) is 0.0376. The summed E-state index contributed by atoms with van der Waals surface area (Å²) in [6, 6.07) is 13.2. The number of Topliss-reactive ketones (excluding diaryl/α,β-unsaturated/α-hetero) is 1. The molecule has 0 heterocycles. The maximum absolute atomic E-state index is 12.2. The SMILES string of the molecule is Cc1ccccc1CC(=O)c1cc(Br)ccc1Cl. The minimum atomic E-state index is 0.0376. The molecule has 0 radical (unpaired) electrons. The molecule has 3 heteroatoms. The summed E-state index contributed by atoms with van der Waals surface area (Å²) in [4.78, 5) is 12.2. The molecule has 18 heavy (non-hydrogen) atoms. The van der Waals surface area contributed by atoms with Crippen LogP contribution in [-0.4, -0.2) is 5.78 Å². The number of rotatable bonds is 3. The molecule has 2 aromatic rings. The number of benzene rings is 2. The molecule has 92 valence electrons. The summed E-state index contributed by atoms with van der Waals surface area (Å²) in [5.41, 5.74) is 2.73. The average Bonchev–Trinajstić information content (AvgIpc) is 2.35. The second-order valence-corrected chi connectivity index (χ2v) is 5.47. The predicted octanol–water partition coefficient (Wildman–Crippen LogP) is 4.84. The van der Waals surface area contributed by atoms with Gasteiger partial charge in [0.25, 0.3) is 0 Å². The Bertz CT molecular complexity index is 593. The Morgan fingerprint density at radius 2 is 1.94 bits per heavy atom. The maximum atomic E-state index is 12.2. The lowest BCUT2D eigenvalue weighted by Crippen LogP contribution is -2.05. The first-order valence-electron chi connectivity index (χ1n) is 5.60. The Morgan fingerprint density at radius 3 is 2.67 bits per heavy atom. The third-order valence-electron chi connectivity index (χ3n) is 2.84. The summed E-state index contributed by atoms with van der Waals surface area (Å²) >= 11 is 9.41. The third kappa shape index (κ3) is 3.01. The molecule has 0 bridgehead atoms. The Hall–Kier alpha value is -1.12. The van der Waals surface area contributed by atoms with Crippen molar-refractivity contribution in [2.75, 3.05) is 0 Å². The van der Waals surface area contributed by atoms with Crippen molar-refractivity contribution in [2.24, 2.45) is 0 Å². The van der Waals surface area contributed by atoms with Crippen LogP contribution in [0.2, 0.25) is 5.02 Å². The van der Waals surface area contributed by atoms with Gasteiger partial charge in [0, 0.05) is 16.5 Å². The van der Waals surface area contributed by atoms with E-state index in [0.29, 0.717) is 17.0 Å². The molecule has 0 aliphatic rings. The normalized spacial score (nSPS) is 10.4. The maximum Gasteiger partial charge on any atom is 0.168 e. The Kier molecular flexibility index (Phi) is 4.20. The topological polar surface area (TPSA) is 17.1 Å². The number of ketones is 1. The summed E-state index contributed by atoms with van der Waals surface area (Å²) < 4.78 is 0.861. The first-order chi connectivity index (χ1) is 8.58. The van der Waals surface area contributed by atoms with E-state index in [4.69, 9.17) is 11.6 Å². The van der Waals surface area contributed by atoms with Gasteiger partial charge in [0.1, 0.15) is 0 Å². The van der Waals surface area contributed by atoms with Crippen LogP contribution in [0.25, 0.3) is 0 Å². The lowest BCUT2D eigenvalue weighted by molar-refractivity contribution is 0.0993. The van der Waals surface area contributed by atoms with E-state index >= 15 is 0 Å².